The molecular weight excluding hydrogens is 289 g/mol. The highest BCUT2D eigenvalue weighted by atomic mass is 32.1. The summed E-state index contributed by atoms with van der Waals surface area (Å²) >= 11 is 1.59. The fourth-order valence-electron chi connectivity index (χ4n) is 2.68. The van der Waals surface area contributed by atoms with Gasteiger partial charge in [-0.25, -0.2) is 9.37 Å². The summed E-state index contributed by atoms with van der Waals surface area (Å²) in [5, 5.41) is 0.853. The van der Waals surface area contributed by atoms with Gasteiger partial charge in [0, 0.05) is 10.4 Å². The lowest BCUT2D eigenvalue weighted by Gasteiger charge is -2.08. The van der Waals surface area contributed by atoms with Gasteiger partial charge in [-0.2, -0.15) is 0 Å². The van der Waals surface area contributed by atoms with Crippen molar-refractivity contribution in [2.45, 2.75) is 32.6 Å². The van der Waals surface area contributed by atoms with Crippen LogP contribution in [0.5, 0.6) is 0 Å². The Morgan fingerprint density at radius 2 is 2.33 bits per heavy atom. The van der Waals surface area contributed by atoms with Crippen LogP contribution in [-0.4, -0.2) is 17.6 Å². The molecule has 5 heteroatoms. The lowest BCUT2D eigenvalue weighted by Crippen LogP contribution is -2.14. The third kappa shape index (κ3) is 2.58. The highest BCUT2D eigenvalue weighted by Crippen LogP contribution is 2.40. The molecule has 110 valence electrons. The number of hydrogen-bond donors (Lipinski definition) is 0. The minimum atomic E-state index is -0.246. The number of rotatable bonds is 3. The number of benzene rings is 1. The van der Waals surface area contributed by atoms with E-state index in [9.17, 15) is 9.18 Å². The van der Waals surface area contributed by atoms with Gasteiger partial charge in [0.15, 0.2) is 0 Å². The average Bonchev–Trinajstić information content (AvgIpc) is 2.98. The van der Waals surface area contributed by atoms with Gasteiger partial charge in [-0.05, 0) is 50.5 Å². The van der Waals surface area contributed by atoms with Gasteiger partial charge in [0.2, 0.25) is 0 Å². The number of hydrogen-bond acceptors (Lipinski definition) is 4. The molecule has 1 aromatic carbocycles. The molecule has 0 saturated heterocycles. The molecule has 0 spiro atoms. The lowest BCUT2D eigenvalue weighted by atomic mass is 10.1. The molecule has 1 aliphatic rings. The largest absolute Gasteiger partial charge is 0.465 e. The molecule has 0 radical (unpaired) electrons. The number of thiazole rings is 1. The molecule has 0 saturated carbocycles. The Morgan fingerprint density at radius 3 is 3.05 bits per heavy atom. The molecule has 0 amide bonds. The highest BCUT2D eigenvalue weighted by Gasteiger charge is 2.33. The lowest BCUT2D eigenvalue weighted by molar-refractivity contribution is -0.145. The van der Waals surface area contributed by atoms with Gasteiger partial charge in [-0.1, -0.05) is 0 Å². The summed E-state index contributed by atoms with van der Waals surface area (Å²) in [6, 6.07) is 4.69. The predicted octanol–water partition coefficient (Wildman–Crippen LogP) is 3.85. The van der Waals surface area contributed by atoms with E-state index in [4.69, 9.17) is 4.74 Å². The van der Waals surface area contributed by atoms with Crippen molar-refractivity contribution in [1.29, 1.82) is 0 Å². The minimum Gasteiger partial charge on any atom is -0.465 e. The van der Waals surface area contributed by atoms with Crippen LogP contribution in [0.1, 0.15) is 35.4 Å². The molecular formula is C16H16FNO2S. The number of nitrogens with zero attached hydrogens (tertiary/aromatic N) is 1. The summed E-state index contributed by atoms with van der Waals surface area (Å²) in [4.78, 5) is 17.7. The quantitative estimate of drug-likeness (QED) is 0.809. The molecule has 21 heavy (non-hydrogen) atoms. The number of aryl methyl sites for hydroxylation is 2. The molecule has 3 nitrogen and oxygen atoms in total. The van der Waals surface area contributed by atoms with E-state index in [1.54, 1.807) is 17.4 Å². The second-order valence-electron chi connectivity index (χ2n) is 5.13. The van der Waals surface area contributed by atoms with Crippen molar-refractivity contribution in [3.63, 3.8) is 0 Å². The van der Waals surface area contributed by atoms with Crippen LogP contribution in [-0.2, 0) is 16.0 Å². The third-order valence-electron chi connectivity index (χ3n) is 3.71. The molecule has 1 heterocycles. The topological polar surface area (TPSA) is 39.2 Å². The van der Waals surface area contributed by atoms with E-state index in [0.717, 1.165) is 39.5 Å². The highest BCUT2D eigenvalue weighted by molar-refractivity contribution is 7.15. The molecule has 0 fully saturated rings. The van der Waals surface area contributed by atoms with Gasteiger partial charge in [0.05, 0.1) is 12.3 Å². The number of fused-ring (bicyclic) bond motifs is 1. The van der Waals surface area contributed by atoms with Crippen LogP contribution in [0.3, 0.4) is 0 Å². The van der Waals surface area contributed by atoms with Gasteiger partial charge in [0.25, 0.3) is 0 Å². The van der Waals surface area contributed by atoms with E-state index in [-0.39, 0.29) is 17.7 Å². The number of carbonyl (C=O) groups excluding carboxylic acids is 1. The monoisotopic (exact) mass is 305 g/mol. The van der Waals surface area contributed by atoms with Crippen molar-refractivity contribution in [2.75, 3.05) is 6.61 Å². The van der Waals surface area contributed by atoms with Crippen molar-refractivity contribution in [3.05, 3.63) is 40.2 Å². The Kier molecular flexibility index (Phi) is 3.76. The molecule has 0 bridgehead atoms. The zero-order valence-electron chi connectivity index (χ0n) is 12.0. The van der Waals surface area contributed by atoms with Gasteiger partial charge < -0.3 is 4.74 Å². The molecule has 1 aromatic heterocycles. The molecule has 1 unspecified atom stereocenters. The van der Waals surface area contributed by atoms with Gasteiger partial charge >= 0.3 is 5.97 Å². The van der Waals surface area contributed by atoms with Gasteiger partial charge in [-0.3, -0.25) is 4.79 Å². The van der Waals surface area contributed by atoms with Crippen molar-refractivity contribution >= 4 is 17.3 Å². The Hall–Kier alpha value is -1.75. The SMILES string of the molecule is CCOC(=O)C1CCc2sc(-c3ccc(F)cc3C)nc21. The van der Waals surface area contributed by atoms with Crippen LogP contribution in [0.2, 0.25) is 0 Å². The Balaban J connectivity index is 1.95. The molecule has 2 aromatic rings. The second-order valence-corrected chi connectivity index (χ2v) is 6.21. The number of ether oxygens (including phenoxy) is 1. The maximum absolute atomic E-state index is 13.2. The Bertz CT molecular complexity index is 696. The maximum Gasteiger partial charge on any atom is 0.315 e. The van der Waals surface area contributed by atoms with Crippen molar-refractivity contribution in [2.24, 2.45) is 0 Å². The molecule has 3 rings (SSSR count). The van der Waals surface area contributed by atoms with Crippen LogP contribution < -0.4 is 0 Å². The van der Waals surface area contributed by atoms with E-state index >= 15 is 0 Å². The Morgan fingerprint density at radius 1 is 1.52 bits per heavy atom. The first kappa shape index (κ1) is 14.2. The first-order valence-electron chi connectivity index (χ1n) is 7.03. The summed E-state index contributed by atoms with van der Waals surface area (Å²) in [7, 11) is 0. The molecule has 1 atom stereocenters. The standard InChI is InChI=1S/C16H16FNO2S/c1-3-20-16(19)12-6-7-13-14(12)18-15(21-13)11-5-4-10(17)8-9(11)2/h4-5,8,12H,3,6-7H2,1-2H3. The van der Waals surface area contributed by atoms with E-state index in [1.807, 2.05) is 13.8 Å². The zero-order valence-corrected chi connectivity index (χ0v) is 12.8. The summed E-state index contributed by atoms with van der Waals surface area (Å²) in [5.41, 5.74) is 2.63. The normalized spacial score (nSPS) is 16.8. The van der Waals surface area contributed by atoms with Crippen LogP contribution in [0.4, 0.5) is 4.39 Å². The van der Waals surface area contributed by atoms with Crippen molar-refractivity contribution < 1.29 is 13.9 Å². The zero-order chi connectivity index (χ0) is 15.0. The van der Waals surface area contributed by atoms with Crippen molar-refractivity contribution in [1.82, 2.24) is 4.98 Å². The van der Waals surface area contributed by atoms with Crippen LogP contribution in [0.15, 0.2) is 18.2 Å². The second kappa shape index (κ2) is 5.56. The number of esters is 1. The van der Waals surface area contributed by atoms with Gasteiger partial charge in [0.1, 0.15) is 16.7 Å². The summed E-state index contributed by atoms with van der Waals surface area (Å²) in [6.45, 7) is 4.06. The van der Waals surface area contributed by atoms with E-state index in [2.05, 4.69) is 4.98 Å². The number of aromatic nitrogens is 1. The summed E-state index contributed by atoms with van der Waals surface area (Å²) in [6.07, 6.45) is 1.63. The van der Waals surface area contributed by atoms with Crippen molar-refractivity contribution in [3.8, 4) is 10.6 Å². The van der Waals surface area contributed by atoms with Crippen LogP contribution in [0, 0.1) is 12.7 Å². The first-order valence-corrected chi connectivity index (χ1v) is 7.84. The fourth-order valence-corrected chi connectivity index (χ4v) is 3.91. The van der Waals surface area contributed by atoms with Crippen LogP contribution >= 0.6 is 11.3 Å². The molecule has 0 aliphatic heterocycles. The average molecular weight is 305 g/mol. The minimum absolute atomic E-state index is 0.191. The van der Waals surface area contributed by atoms with E-state index in [0.29, 0.717) is 6.61 Å². The Labute approximate surface area is 126 Å². The molecule has 0 N–H and O–H groups in total. The van der Waals surface area contributed by atoms with Gasteiger partial charge in [-0.15, -0.1) is 11.3 Å². The van der Waals surface area contributed by atoms with E-state index in [1.165, 1.54) is 12.1 Å². The smallest absolute Gasteiger partial charge is 0.315 e. The first-order chi connectivity index (χ1) is 10.1. The fraction of sp³-hybridized carbons (Fsp3) is 0.375. The summed E-state index contributed by atoms with van der Waals surface area (Å²) in [5.74, 6) is -0.681. The number of halogens is 1. The third-order valence-corrected chi connectivity index (χ3v) is 4.87. The summed E-state index contributed by atoms with van der Waals surface area (Å²) < 4.78 is 18.3. The molecule has 1 aliphatic carbocycles. The van der Waals surface area contributed by atoms with E-state index < -0.39 is 0 Å². The van der Waals surface area contributed by atoms with Crippen LogP contribution in [0.25, 0.3) is 10.6 Å². The maximum atomic E-state index is 13.2. The predicted molar refractivity (Wildman–Crippen MR) is 79.9 cm³/mol. The number of carbonyl (C=O) groups is 1.